The summed E-state index contributed by atoms with van der Waals surface area (Å²) < 4.78 is 38.4. The first-order valence-electron chi connectivity index (χ1n) is 5.03. The minimum Gasteiger partial charge on any atom is -0.260 e. The highest BCUT2D eigenvalue weighted by atomic mass is 32.2. The van der Waals surface area contributed by atoms with Crippen LogP contribution in [0.4, 0.5) is 13.2 Å². The van der Waals surface area contributed by atoms with E-state index in [0.29, 0.717) is 12.3 Å². The second-order valence-electron chi connectivity index (χ2n) is 3.37. The Labute approximate surface area is 97.6 Å². The zero-order valence-corrected chi connectivity index (χ0v) is 9.57. The molecule has 0 aromatic heterocycles. The Morgan fingerprint density at radius 1 is 1.12 bits per heavy atom. The van der Waals surface area contributed by atoms with E-state index in [2.05, 4.69) is 4.72 Å². The number of halogens is 3. The van der Waals surface area contributed by atoms with Gasteiger partial charge in [0.15, 0.2) is 0 Å². The van der Waals surface area contributed by atoms with Gasteiger partial charge in [0.1, 0.15) is 0 Å². The standard InChI is InChI=1S/C11H14F3NS/c12-11(13,14)7-4-8-16-15-9-10-5-2-1-3-6-10/h1-3,5-6,15H,4,7-9H2. The Balaban J connectivity index is 2.01. The fourth-order valence-corrected chi connectivity index (χ4v) is 1.85. The van der Waals surface area contributed by atoms with E-state index in [0.717, 1.165) is 5.56 Å². The minimum atomic E-state index is -4.03. The number of hydrogen-bond donors (Lipinski definition) is 1. The van der Waals surface area contributed by atoms with E-state index in [1.54, 1.807) is 0 Å². The number of rotatable bonds is 6. The summed E-state index contributed by atoms with van der Waals surface area (Å²) in [5.74, 6) is 0.479. The predicted molar refractivity (Wildman–Crippen MR) is 61.0 cm³/mol. The van der Waals surface area contributed by atoms with Crippen molar-refractivity contribution in [2.45, 2.75) is 25.6 Å². The van der Waals surface area contributed by atoms with E-state index in [9.17, 15) is 13.2 Å². The molecule has 0 radical (unpaired) electrons. The first kappa shape index (κ1) is 13.4. The van der Waals surface area contributed by atoms with Gasteiger partial charge in [0.25, 0.3) is 0 Å². The van der Waals surface area contributed by atoms with Crippen LogP contribution in [0.15, 0.2) is 30.3 Å². The number of alkyl halides is 3. The molecule has 90 valence electrons. The van der Waals surface area contributed by atoms with Crippen molar-refractivity contribution in [3.8, 4) is 0 Å². The average Bonchev–Trinajstić information content (AvgIpc) is 2.23. The molecule has 0 unspecified atom stereocenters. The van der Waals surface area contributed by atoms with E-state index in [4.69, 9.17) is 0 Å². The first-order chi connectivity index (χ1) is 7.58. The van der Waals surface area contributed by atoms with Gasteiger partial charge in [0.05, 0.1) is 0 Å². The Hall–Kier alpha value is -0.680. The molecule has 1 aromatic carbocycles. The zero-order valence-electron chi connectivity index (χ0n) is 8.76. The van der Waals surface area contributed by atoms with Crippen LogP contribution >= 0.6 is 11.9 Å². The summed E-state index contributed by atoms with van der Waals surface area (Å²) >= 11 is 1.34. The number of benzene rings is 1. The SMILES string of the molecule is FC(F)(F)CCCSNCc1ccccc1. The fraction of sp³-hybridized carbons (Fsp3) is 0.455. The van der Waals surface area contributed by atoms with Crippen molar-refractivity contribution >= 4 is 11.9 Å². The molecule has 0 heterocycles. The quantitative estimate of drug-likeness (QED) is 0.608. The van der Waals surface area contributed by atoms with Crippen LogP contribution < -0.4 is 4.72 Å². The molecule has 0 saturated heterocycles. The van der Waals surface area contributed by atoms with Gasteiger partial charge in [0.2, 0.25) is 0 Å². The average molecular weight is 249 g/mol. The van der Waals surface area contributed by atoms with Crippen LogP contribution in [-0.4, -0.2) is 11.9 Å². The third-order valence-electron chi connectivity index (χ3n) is 1.93. The van der Waals surface area contributed by atoms with Crippen molar-refractivity contribution in [3.63, 3.8) is 0 Å². The Morgan fingerprint density at radius 3 is 2.44 bits per heavy atom. The van der Waals surface area contributed by atoms with Gasteiger partial charge >= 0.3 is 6.18 Å². The van der Waals surface area contributed by atoms with Crippen LogP contribution in [0.3, 0.4) is 0 Å². The number of nitrogens with one attached hydrogen (secondary N) is 1. The summed E-state index contributed by atoms with van der Waals surface area (Å²) in [6.07, 6.45) is -4.57. The molecular formula is C11H14F3NS. The molecule has 1 aromatic rings. The van der Waals surface area contributed by atoms with Crippen molar-refractivity contribution in [3.05, 3.63) is 35.9 Å². The van der Waals surface area contributed by atoms with Crippen molar-refractivity contribution in [2.24, 2.45) is 0 Å². The van der Waals surface area contributed by atoms with E-state index >= 15 is 0 Å². The summed E-state index contributed by atoms with van der Waals surface area (Å²) in [5, 5.41) is 0. The molecule has 0 saturated carbocycles. The van der Waals surface area contributed by atoms with Crippen LogP contribution in [0.5, 0.6) is 0 Å². The van der Waals surface area contributed by atoms with Gasteiger partial charge in [-0.2, -0.15) is 13.2 Å². The van der Waals surface area contributed by atoms with Crippen LogP contribution in [0.25, 0.3) is 0 Å². The molecule has 0 aliphatic carbocycles. The molecule has 0 aliphatic heterocycles. The Kier molecular flexibility index (Phi) is 5.69. The summed E-state index contributed by atoms with van der Waals surface area (Å²) in [4.78, 5) is 0. The molecule has 16 heavy (non-hydrogen) atoms. The van der Waals surface area contributed by atoms with Gasteiger partial charge in [0, 0.05) is 18.7 Å². The molecule has 1 N–H and O–H groups in total. The van der Waals surface area contributed by atoms with Crippen molar-refractivity contribution in [1.82, 2.24) is 4.72 Å². The van der Waals surface area contributed by atoms with Crippen molar-refractivity contribution in [2.75, 3.05) is 5.75 Å². The highest BCUT2D eigenvalue weighted by Crippen LogP contribution is 2.22. The second-order valence-corrected chi connectivity index (χ2v) is 4.36. The van der Waals surface area contributed by atoms with Gasteiger partial charge < -0.3 is 0 Å². The fourth-order valence-electron chi connectivity index (χ4n) is 1.15. The summed E-state index contributed by atoms with van der Waals surface area (Å²) in [6, 6.07) is 9.75. The van der Waals surface area contributed by atoms with Gasteiger partial charge in [-0.3, -0.25) is 4.72 Å². The molecule has 1 rings (SSSR count). The Morgan fingerprint density at radius 2 is 1.81 bits per heavy atom. The monoisotopic (exact) mass is 249 g/mol. The topological polar surface area (TPSA) is 12.0 Å². The largest absolute Gasteiger partial charge is 0.389 e. The molecule has 0 fully saturated rings. The van der Waals surface area contributed by atoms with Crippen LogP contribution in [0.1, 0.15) is 18.4 Å². The lowest BCUT2D eigenvalue weighted by atomic mass is 10.2. The van der Waals surface area contributed by atoms with Gasteiger partial charge in [-0.25, -0.2) is 0 Å². The molecule has 0 atom stereocenters. The lowest BCUT2D eigenvalue weighted by Crippen LogP contribution is -2.09. The van der Waals surface area contributed by atoms with E-state index < -0.39 is 12.6 Å². The van der Waals surface area contributed by atoms with E-state index in [-0.39, 0.29) is 6.42 Å². The predicted octanol–water partition coefficient (Wildman–Crippen LogP) is 3.77. The normalized spacial score (nSPS) is 11.7. The highest BCUT2D eigenvalue weighted by Gasteiger charge is 2.25. The minimum absolute atomic E-state index is 0.163. The molecule has 0 spiro atoms. The van der Waals surface area contributed by atoms with E-state index in [1.165, 1.54) is 11.9 Å². The van der Waals surface area contributed by atoms with Gasteiger partial charge in [-0.05, 0) is 12.0 Å². The molecule has 5 heteroatoms. The maximum absolute atomic E-state index is 11.8. The maximum Gasteiger partial charge on any atom is 0.389 e. The molecule has 0 amide bonds. The Bertz CT molecular complexity index is 287. The zero-order chi connectivity index (χ0) is 11.9. The molecule has 0 bridgehead atoms. The van der Waals surface area contributed by atoms with Crippen LogP contribution in [-0.2, 0) is 6.54 Å². The van der Waals surface area contributed by atoms with Crippen molar-refractivity contribution < 1.29 is 13.2 Å². The van der Waals surface area contributed by atoms with E-state index in [1.807, 2.05) is 30.3 Å². The molecular weight excluding hydrogens is 235 g/mol. The lowest BCUT2D eigenvalue weighted by Gasteiger charge is -2.06. The smallest absolute Gasteiger partial charge is 0.260 e. The summed E-state index contributed by atoms with van der Waals surface area (Å²) in [6.45, 7) is 0.678. The number of hydrogen-bond acceptors (Lipinski definition) is 2. The van der Waals surface area contributed by atoms with Crippen LogP contribution in [0.2, 0.25) is 0 Å². The second kappa shape index (κ2) is 6.81. The lowest BCUT2D eigenvalue weighted by molar-refractivity contribution is -0.134. The summed E-state index contributed by atoms with van der Waals surface area (Å²) in [7, 11) is 0. The van der Waals surface area contributed by atoms with Gasteiger partial charge in [-0.1, -0.05) is 42.3 Å². The highest BCUT2D eigenvalue weighted by molar-refractivity contribution is 7.97. The first-order valence-corrected chi connectivity index (χ1v) is 6.02. The maximum atomic E-state index is 11.8. The van der Waals surface area contributed by atoms with Crippen LogP contribution in [0, 0.1) is 0 Å². The molecule has 0 aliphatic rings. The summed E-state index contributed by atoms with van der Waals surface area (Å²) in [5.41, 5.74) is 1.13. The van der Waals surface area contributed by atoms with Gasteiger partial charge in [-0.15, -0.1) is 0 Å². The van der Waals surface area contributed by atoms with Crippen molar-refractivity contribution in [1.29, 1.82) is 0 Å². The molecule has 1 nitrogen and oxygen atoms in total. The third-order valence-corrected chi connectivity index (χ3v) is 2.77. The third kappa shape index (κ3) is 6.74.